The topological polar surface area (TPSA) is 72.8 Å². The minimum absolute atomic E-state index is 0.0782. The molecule has 0 aliphatic carbocycles. The van der Waals surface area contributed by atoms with Crippen molar-refractivity contribution in [2.24, 2.45) is 5.92 Å². The Morgan fingerprint density at radius 3 is 1.49 bits per heavy atom. The molecule has 0 saturated carbocycles. The van der Waals surface area contributed by atoms with E-state index in [2.05, 4.69) is 91.4 Å². The number of unbranched alkanes of at least 4 members (excludes halogenated alkanes) is 9. The summed E-state index contributed by atoms with van der Waals surface area (Å²) in [5, 5.41) is 11.3. The molecule has 0 aromatic heterocycles. The molecule has 3 rings (SSSR count). The summed E-state index contributed by atoms with van der Waals surface area (Å²) in [6.07, 6.45) is 13.3. The van der Waals surface area contributed by atoms with Gasteiger partial charge in [0.15, 0.2) is 0 Å². The van der Waals surface area contributed by atoms with Gasteiger partial charge in [-0.3, -0.25) is 9.59 Å². The van der Waals surface area contributed by atoms with Gasteiger partial charge in [-0.05, 0) is 29.5 Å². The van der Waals surface area contributed by atoms with Crippen LogP contribution in [0, 0.1) is 5.92 Å². The first kappa shape index (κ1) is 40.1. The van der Waals surface area contributed by atoms with Gasteiger partial charge in [-0.25, -0.2) is 0 Å². The van der Waals surface area contributed by atoms with Crippen LogP contribution in [0.3, 0.4) is 0 Å². The number of ether oxygens (including phenoxy) is 2. The number of carbonyl (C=O) groups is 2. The number of aliphatic hydroxyl groups excluding tert-OH is 1. The van der Waals surface area contributed by atoms with Gasteiger partial charge in [0.1, 0.15) is 0 Å². The molecule has 3 aromatic carbocycles. The molecule has 2 unspecified atom stereocenters. The lowest BCUT2D eigenvalue weighted by atomic mass is 9.84. The molecule has 0 spiro atoms. The number of esters is 2. The van der Waals surface area contributed by atoms with Crippen molar-refractivity contribution in [3.63, 3.8) is 0 Å². The van der Waals surface area contributed by atoms with Gasteiger partial charge in [0.2, 0.25) is 0 Å². The Morgan fingerprint density at radius 1 is 0.638 bits per heavy atom. The van der Waals surface area contributed by atoms with Crippen LogP contribution in [0.5, 0.6) is 0 Å². The van der Waals surface area contributed by atoms with Gasteiger partial charge in [-0.15, -0.1) is 11.8 Å². The van der Waals surface area contributed by atoms with E-state index in [4.69, 9.17) is 4.74 Å². The van der Waals surface area contributed by atoms with Crippen molar-refractivity contribution in [3.05, 3.63) is 108 Å². The number of aliphatic hydroxyl groups is 1. The van der Waals surface area contributed by atoms with E-state index in [1.54, 1.807) is 11.8 Å². The van der Waals surface area contributed by atoms with Gasteiger partial charge < -0.3 is 14.6 Å². The Hall–Kier alpha value is -3.09. The predicted octanol–water partition coefficient (Wildman–Crippen LogP) is 10.1. The second-order valence-corrected chi connectivity index (χ2v) is 13.3. The minimum atomic E-state index is -0.797. The molecular formula is C41H58O5S. The van der Waals surface area contributed by atoms with Crippen LogP contribution in [0.2, 0.25) is 0 Å². The predicted molar refractivity (Wildman–Crippen MR) is 197 cm³/mol. The van der Waals surface area contributed by atoms with Crippen molar-refractivity contribution in [3.8, 4) is 0 Å². The molecule has 0 heterocycles. The Labute approximate surface area is 288 Å². The summed E-state index contributed by atoms with van der Waals surface area (Å²) < 4.78 is 9.11. The fraction of sp³-hybridized carbons (Fsp3) is 0.512. The Morgan fingerprint density at radius 2 is 1.06 bits per heavy atom. The second kappa shape index (κ2) is 24.1. The number of benzene rings is 3. The summed E-state index contributed by atoms with van der Waals surface area (Å²) in [6.45, 7) is 4.39. The van der Waals surface area contributed by atoms with Crippen molar-refractivity contribution in [1.29, 1.82) is 0 Å². The third kappa shape index (κ3) is 13.9. The van der Waals surface area contributed by atoms with E-state index in [-0.39, 0.29) is 11.9 Å². The lowest BCUT2D eigenvalue weighted by Crippen LogP contribution is -2.34. The van der Waals surface area contributed by atoms with Crippen LogP contribution < -0.4 is 0 Å². The van der Waals surface area contributed by atoms with Crippen LogP contribution in [-0.2, 0) is 23.8 Å². The first-order chi connectivity index (χ1) is 22.9. The Bertz CT molecular complexity index is 1120. The highest BCUT2D eigenvalue weighted by Gasteiger charge is 2.39. The summed E-state index contributed by atoms with van der Waals surface area (Å²) in [5.41, 5.74) is 3.43. The first-order valence-electron chi connectivity index (χ1n) is 17.6. The number of methoxy groups -OCH3 is 2. The smallest absolute Gasteiger partial charge is 0.311 e. The summed E-state index contributed by atoms with van der Waals surface area (Å²) >= 11 is 1.68. The van der Waals surface area contributed by atoms with Crippen LogP contribution in [0.15, 0.2) is 91.0 Å². The zero-order valence-electron chi connectivity index (χ0n) is 29.2. The molecule has 47 heavy (non-hydrogen) atoms. The molecule has 0 radical (unpaired) electrons. The number of carbonyl (C=O) groups excluding carboxylic acids is 2. The fourth-order valence-electron chi connectivity index (χ4n) is 5.83. The number of hydrogen-bond donors (Lipinski definition) is 1. The SMILES string of the molecule is CCCCCCCC(C(=O)OC)C(O)CSC(c1ccccc1)(c1ccccc1)c1ccccc1.CCCCCCCCC(=O)OC. The third-order valence-corrected chi connectivity index (χ3v) is 10.2. The molecule has 0 amide bonds. The fourth-order valence-corrected chi connectivity index (χ4v) is 7.39. The van der Waals surface area contributed by atoms with Gasteiger partial charge in [-0.1, -0.05) is 169 Å². The van der Waals surface area contributed by atoms with Gasteiger partial charge in [0.25, 0.3) is 0 Å². The van der Waals surface area contributed by atoms with Gasteiger partial charge in [0.05, 0.1) is 31.0 Å². The molecule has 2 atom stereocenters. The van der Waals surface area contributed by atoms with Gasteiger partial charge >= 0.3 is 11.9 Å². The zero-order valence-corrected chi connectivity index (χ0v) is 30.0. The maximum atomic E-state index is 12.6. The zero-order chi connectivity index (χ0) is 34.2. The molecule has 258 valence electrons. The summed E-state index contributed by atoms with van der Waals surface area (Å²) in [7, 11) is 2.86. The molecule has 0 aliphatic heterocycles. The summed E-state index contributed by atoms with van der Waals surface area (Å²) in [4.78, 5) is 23.3. The number of hydrogen-bond acceptors (Lipinski definition) is 6. The van der Waals surface area contributed by atoms with Crippen LogP contribution >= 0.6 is 11.8 Å². The molecule has 0 bridgehead atoms. The average molecular weight is 663 g/mol. The molecule has 5 nitrogen and oxygen atoms in total. The molecule has 3 aromatic rings. The van der Waals surface area contributed by atoms with E-state index in [1.165, 1.54) is 52.7 Å². The van der Waals surface area contributed by atoms with E-state index in [1.807, 2.05) is 18.2 Å². The van der Waals surface area contributed by atoms with Crippen molar-refractivity contribution >= 4 is 23.7 Å². The van der Waals surface area contributed by atoms with Crippen molar-refractivity contribution < 1.29 is 24.2 Å². The second-order valence-electron chi connectivity index (χ2n) is 12.1. The van der Waals surface area contributed by atoms with Crippen molar-refractivity contribution in [2.45, 2.75) is 108 Å². The third-order valence-electron chi connectivity index (χ3n) is 8.56. The maximum Gasteiger partial charge on any atom is 0.311 e. The van der Waals surface area contributed by atoms with E-state index >= 15 is 0 Å². The van der Waals surface area contributed by atoms with E-state index in [9.17, 15) is 14.7 Å². The summed E-state index contributed by atoms with van der Waals surface area (Å²) in [5.74, 6) is -0.508. The van der Waals surface area contributed by atoms with Crippen molar-refractivity contribution in [2.75, 3.05) is 20.0 Å². The molecule has 6 heteroatoms. The monoisotopic (exact) mass is 662 g/mol. The lowest BCUT2D eigenvalue weighted by molar-refractivity contribution is -0.149. The van der Waals surface area contributed by atoms with Gasteiger partial charge in [-0.2, -0.15) is 0 Å². The highest BCUT2D eigenvalue weighted by atomic mass is 32.2. The van der Waals surface area contributed by atoms with E-state index in [0.29, 0.717) is 18.6 Å². The maximum absolute atomic E-state index is 12.6. The molecule has 1 N–H and O–H groups in total. The quantitative estimate of drug-likeness (QED) is 0.0695. The molecular weight excluding hydrogens is 605 g/mol. The Kier molecular flexibility index (Phi) is 20.6. The first-order valence-corrected chi connectivity index (χ1v) is 18.6. The van der Waals surface area contributed by atoms with E-state index in [0.717, 1.165) is 48.8 Å². The molecule has 0 saturated heterocycles. The molecule has 0 aliphatic rings. The number of rotatable bonds is 21. The van der Waals surface area contributed by atoms with Crippen molar-refractivity contribution in [1.82, 2.24) is 0 Å². The van der Waals surface area contributed by atoms with Crippen LogP contribution in [-0.4, -0.2) is 43.1 Å². The highest BCUT2D eigenvalue weighted by Crippen LogP contribution is 2.49. The standard InChI is InChI=1S/C31H38O3S.C10H20O2/c1-3-4-5-6-16-23-28(30(33)34-2)29(32)24-35-31(25-17-10-7-11-18-25,26-19-12-8-13-20-26)27-21-14-9-15-22-27;1-3-4-5-6-7-8-9-10(11)12-2/h7-15,17-22,28-29,32H,3-6,16,23-24H2,1-2H3;3-9H2,1-2H3. The molecule has 0 fully saturated rings. The van der Waals surface area contributed by atoms with E-state index < -0.39 is 16.8 Å². The number of thioether (sulfide) groups is 1. The highest BCUT2D eigenvalue weighted by molar-refractivity contribution is 8.00. The van der Waals surface area contributed by atoms with Crippen LogP contribution in [0.1, 0.15) is 114 Å². The lowest BCUT2D eigenvalue weighted by Gasteiger charge is -2.36. The van der Waals surface area contributed by atoms with Gasteiger partial charge in [0, 0.05) is 12.2 Å². The van der Waals surface area contributed by atoms with Crippen LogP contribution in [0.25, 0.3) is 0 Å². The largest absolute Gasteiger partial charge is 0.469 e. The summed E-state index contributed by atoms with van der Waals surface area (Å²) in [6, 6.07) is 31.3. The van der Waals surface area contributed by atoms with Crippen LogP contribution in [0.4, 0.5) is 0 Å². The Balaban J connectivity index is 0.000000544. The average Bonchev–Trinajstić information content (AvgIpc) is 3.12. The normalized spacial score (nSPS) is 12.4. The minimum Gasteiger partial charge on any atom is -0.469 e.